The molecule has 0 saturated carbocycles. The molecule has 11 aromatic carbocycles. The molecule has 0 saturated heterocycles. The second kappa shape index (κ2) is 55.0. The van der Waals surface area contributed by atoms with Crippen LogP contribution >= 0.6 is 0 Å². The summed E-state index contributed by atoms with van der Waals surface area (Å²) in [5, 5.41) is 7.87. The number of benzene rings is 11. The Kier molecular flexibility index (Phi) is 52.5. The van der Waals surface area contributed by atoms with Gasteiger partial charge in [-0.05, 0) is 84.8 Å². The van der Waals surface area contributed by atoms with E-state index in [0.717, 1.165) is 0 Å². The highest BCUT2D eigenvalue weighted by Crippen LogP contribution is 2.25. The molecule has 0 atom stereocenters. The summed E-state index contributed by atoms with van der Waals surface area (Å²) >= 11 is 0. The molecule has 0 unspecified atom stereocenters. The first-order valence-electron chi connectivity index (χ1n) is 29.8. The van der Waals surface area contributed by atoms with Gasteiger partial charge < -0.3 is 0 Å². The van der Waals surface area contributed by atoms with Gasteiger partial charge in [0.25, 0.3) is 0 Å². The number of hydrogen-bond donors (Lipinski definition) is 0. The molecule has 0 fully saturated rings. The van der Waals surface area contributed by atoms with Crippen molar-refractivity contribution in [3.05, 3.63) is 291 Å². The third-order valence-corrected chi connectivity index (χ3v) is 10.2. The number of aryl methyl sites for hydroxylation is 1. The molecule has 0 aliphatic rings. The lowest BCUT2D eigenvalue weighted by Gasteiger charge is -2.04. The van der Waals surface area contributed by atoms with Gasteiger partial charge in [-0.2, -0.15) is 0 Å². The average molecular weight is 1050 g/mol. The summed E-state index contributed by atoms with van der Waals surface area (Å²) in [5.41, 5.74) is 8.92. The highest BCUT2D eigenvalue weighted by Gasteiger charge is 1.99. The smallest absolute Gasteiger partial charge is 0.0178 e. The lowest BCUT2D eigenvalue weighted by atomic mass is 10.0. The molecule has 0 amide bonds. The summed E-state index contributed by atoms with van der Waals surface area (Å²) in [6.45, 7) is 38.1. The molecule has 0 aliphatic heterocycles. The average Bonchev–Trinajstić information content (AvgIpc) is 3.59. The molecule has 0 spiro atoms. The van der Waals surface area contributed by atoms with Crippen LogP contribution in [0, 0.1) is 6.92 Å². The van der Waals surface area contributed by atoms with Crippen molar-refractivity contribution in [1.82, 2.24) is 0 Å². The zero-order valence-electron chi connectivity index (χ0n) is 52.6. The van der Waals surface area contributed by atoms with E-state index in [2.05, 4.69) is 250 Å². The maximum atomic E-state index is 2.24. The summed E-state index contributed by atoms with van der Waals surface area (Å²) < 4.78 is 0. The quantitative estimate of drug-likeness (QED) is 0.155. The van der Waals surface area contributed by atoms with Crippen LogP contribution in [-0.4, -0.2) is 0 Å². The van der Waals surface area contributed by atoms with Gasteiger partial charge in [-0.3, -0.25) is 0 Å². The van der Waals surface area contributed by atoms with Crippen molar-refractivity contribution >= 4 is 32.3 Å². The van der Waals surface area contributed by atoms with Crippen LogP contribution in [0.4, 0.5) is 0 Å². The maximum Gasteiger partial charge on any atom is -0.0178 e. The van der Waals surface area contributed by atoms with Crippen LogP contribution in [-0.2, 0) is 0 Å². The molecule has 0 radical (unpaired) electrons. The van der Waals surface area contributed by atoms with Gasteiger partial charge in [-0.1, -0.05) is 403 Å². The fourth-order valence-electron chi connectivity index (χ4n) is 6.93. The van der Waals surface area contributed by atoms with Crippen LogP contribution in [0.2, 0.25) is 0 Å². The van der Waals surface area contributed by atoms with Crippen LogP contribution < -0.4 is 0 Å². The van der Waals surface area contributed by atoms with Gasteiger partial charge >= 0.3 is 0 Å². The van der Waals surface area contributed by atoms with Crippen LogP contribution in [0.5, 0.6) is 0 Å². The van der Waals surface area contributed by atoms with Crippen molar-refractivity contribution < 1.29 is 0 Å². The normalized spacial score (nSPS) is 8.44. The molecular weight excluding hydrogens is 949 g/mol. The summed E-state index contributed by atoms with van der Waals surface area (Å²) in [6.07, 6.45) is 0. The minimum atomic E-state index is 1.26. The van der Waals surface area contributed by atoms with Crippen molar-refractivity contribution in [1.29, 1.82) is 0 Å². The summed E-state index contributed by atoms with van der Waals surface area (Å²) in [5.74, 6) is 0. The van der Waals surface area contributed by atoms with E-state index >= 15 is 0 Å². The van der Waals surface area contributed by atoms with Gasteiger partial charge in [-0.25, -0.2) is 0 Å². The summed E-state index contributed by atoms with van der Waals surface area (Å²) in [6, 6.07) is 98.8. The SMILES string of the molecule is CC.CC.CC.CC.CC.CC.CC.CC.CC.Cc1ccccc1.c1ccc(-c2ccc(-c3ccccc3)cc2)cc1.c1ccc(-c2ccccc2)cc1.c1ccc2cc3ccccc3cc2c1.c1ccc2ccccc2c1. The van der Waals surface area contributed by atoms with Crippen molar-refractivity contribution in [2.45, 2.75) is 132 Å². The van der Waals surface area contributed by atoms with E-state index in [1.54, 1.807) is 0 Å². The number of hydrogen-bond acceptors (Lipinski definition) is 0. The molecule has 0 N–H and O–H groups in total. The van der Waals surface area contributed by atoms with Crippen molar-refractivity contribution in [2.24, 2.45) is 0 Å². The van der Waals surface area contributed by atoms with E-state index < -0.39 is 0 Å². The van der Waals surface area contributed by atoms with E-state index in [1.807, 2.05) is 167 Å². The van der Waals surface area contributed by atoms with Gasteiger partial charge in [-0.15, -0.1) is 0 Å². The molecule has 0 aliphatic carbocycles. The van der Waals surface area contributed by atoms with Crippen molar-refractivity contribution in [3.63, 3.8) is 0 Å². The first kappa shape index (κ1) is 75.4. The number of rotatable bonds is 3. The standard InChI is InChI=1S/C18H14.C14H10.C12H10.C10H8.C7H8.9C2H6/c1-3-7-15(8-4-1)17-11-13-18(14-12-17)16-9-5-2-6-10-16;1-2-6-12-10-14-8-4-3-7-13(14)9-11(12)5-1;1-3-7-11(8-4-1)12-9-5-2-6-10-12;1-2-6-10-8-4-3-7-9(10)5-1;1-7-5-3-2-4-6-7;9*1-2/h1-14H;1-10H;1-10H;1-8H;2-6H,1H3;9*1-2H3. The van der Waals surface area contributed by atoms with E-state index in [0.29, 0.717) is 0 Å². The molecule has 420 valence electrons. The topological polar surface area (TPSA) is 0 Å². The molecule has 0 aromatic heterocycles. The molecule has 79 heavy (non-hydrogen) atoms. The fourth-order valence-corrected chi connectivity index (χ4v) is 6.93. The molecule has 0 heteroatoms. The monoisotopic (exact) mass is 1050 g/mol. The van der Waals surface area contributed by atoms with Gasteiger partial charge in [0, 0.05) is 0 Å². The lowest BCUT2D eigenvalue weighted by Crippen LogP contribution is -1.79. The van der Waals surface area contributed by atoms with Crippen LogP contribution in [0.15, 0.2) is 285 Å². The Bertz CT molecular complexity index is 2660. The van der Waals surface area contributed by atoms with Crippen LogP contribution in [0.1, 0.15) is 130 Å². The Morgan fingerprint density at radius 1 is 0.139 bits per heavy atom. The van der Waals surface area contributed by atoms with Gasteiger partial charge in [0.05, 0.1) is 0 Å². The second-order valence-corrected chi connectivity index (χ2v) is 14.6. The Morgan fingerprint density at radius 2 is 0.278 bits per heavy atom. The Labute approximate surface area is 485 Å². The lowest BCUT2D eigenvalue weighted by molar-refractivity contribution is 1.48. The number of fused-ring (bicyclic) bond motifs is 3. The first-order valence-corrected chi connectivity index (χ1v) is 29.8. The third kappa shape index (κ3) is 31.3. The predicted molar refractivity (Wildman–Crippen MR) is 368 cm³/mol. The maximum absolute atomic E-state index is 2.24. The fraction of sp³-hybridized carbons (Fsp3) is 0.241. The third-order valence-electron chi connectivity index (χ3n) is 10.2. The van der Waals surface area contributed by atoms with E-state index in [1.165, 1.54) is 71.3 Å². The second-order valence-electron chi connectivity index (χ2n) is 14.6. The van der Waals surface area contributed by atoms with Gasteiger partial charge in [0.2, 0.25) is 0 Å². The summed E-state index contributed by atoms with van der Waals surface area (Å²) in [4.78, 5) is 0. The van der Waals surface area contributed by atoms with E-state index in [4.69, 9.17) is 0 Å². The first-order chi connectivity index (χ1) is 39.2. The van der Waals surface area contributed by atoms with E-state index in [9.17, 15) is 0 Å². The van der Waals surface area contributed by atoms with E-state index in [-0.39, 0.29) is 0 Å². The highest BCUT2D eigenvalue weighted by atomic mass is 14.0. The minimum absolute atomic E-state index is 1.26. The molecular formula is C79H104. The predicted octanol–water partition coefficient (Wildman–Crippen LogP) is 26.4. The highest BCUT2D eigenvalue weighted by molar-refractivity contribution is 5.98. The summed E-state index contributed by atoms with van der Waals surface area (Å²) in [7, 11) is 0. The van der Waals surface area contributed by atoms with Gasteiger partial charge in [0.1, 0.15) is 0 Å². The molecule has 0 nitrogen and oxygen atoms in total. The van der Waals surface area contributed by atoms with Crippen LogP contribution in [0.25, 0.3) is 65.7 Å². The zero-order valence-corrected chi connectivity index (χ0v) is 52.6. The Balaban J connectivity index is -0.000000868. The molecule has 11 rings (SSSR count). The Hall–Kier alpha value is -7.80. The molecule has 0 bridgehead atoms. The minimum Gasteiger partial charge on any atom is -0.0683 e. The van der Waals surface area contributed by atoms with Crippen LogP contribution in [0.3, 0.4) is 0 Å². The van der Waals surface area contributed by atoms with Crippen molar-refractivity contribution in [2.75, 3.05) is 0 Å². The largest absolute Gasteiger partial charge is 0.0683 e. The Morgan fingerprint density at radius 3 is 0.443 bits per heavy atom. The van der Waals surface area contributed by atoms with Gasteiger partial charge in [0.15, 0.2) is 0 Å². The molecule has 11 aromatic rings. The van der Waals surface area contributed by atoms with Crippen molar-refractivity contribution in [3.8, 4) is 33.4 Å². The zero-order chi connectivity index (χ0) is 59.7. The molecule has 0 heterocycles.